The van der Waals surface area contributed by atoms with E-state index in [9.17, 15) is 9.59 Å². The van der Waals surface area contributed by atoms with Crippen LogP contribution in [-0.2, 0) is 16.1 Å². The number of ether oxygens (including phenoxy) is 1. The first-order chi connectivity index (χ1) is 16.0. The maximum atomic E-state index is 12.9. The molecule has 164 valence electrons. The van der Waals surface area contributed by atoms with Gasteiger partial charge in [-0.15, -0.1) is 0 Å². The Morgan fingerprint density at radius 1 is 1.00 bits per heavy atom. The zero-order chi connectivity index (χ0) is 22.9. The zero-order valence-corrected chi connectivity index (χ0v) is 19.3. The van der Waals surface area contributed by atoms with Gasteiger partial charge < -0.3 is 14.6 Å². The number of para-hydroxylation sites is 2. The number of hydrogen-bond donors (Lipinski definition) is 1. The van der Waals surface area contributed by atoms with E-state index in [0.717, 1.165) is 31.9 Å². The number of halogens is 1. The molecule has 0 saturated heterocycles. The van der Waals surface area contributed by atoms with Crippen LogP contribution in [0.25, 0.3) is 33.1 Å². The van der Waals surface area contributed by atoms with Crippen LogP contribution in [0, 0.1) is 0 Å². The quantitative estimate of drug-likeness (QED) is 0.329. The number of aromatic nitrogens is 3. The molecule has 2 aromatic heterocycles. The van der Waals surface area contributed by atoms with Gasteiger partial charge in [0.05, 0.1) is 28.7 Å². The second-order valence-electron chi connectivity index (χ2n) is 7.48. The number of anilines is 1. The molecule has 0 spiro atoms. The zero-order valence-electron chi connectivity index (χ0n) is 17.7. The maximum absolute atomic E-state index is 12.9. The predicted molar refractivity (Wildman–Crippen MR) is 131 cm³/mol. The summed E-state index contributed by atoms with van der Waals surface area (Å²) in [4.78, 5) is 34.4. The van der Waals surface area contributed by atoms with Crippen LogP contribution < -0.4 is 5.32 Å². The molecule has 1 amide bonds. The number of hydrogen-bond acceptors (Lipinski definition) is 5. The molecule has 8 heteroatoms. The Bertz CT molecular complexity index is 1530. The third kappa shape index (κ3) is 4.05. The van der Waals surface area contributed by atoms with Crippen LogP contribution >= 0.6 is 15.9 Å². The summed E-state index contributed by atoms with van der Waals surface area (Å²) in [6.07, 6.45) is 0. The molecule has 3 aromatic carbocycles. The fourth-order valence-corrected chi connectivity index (χ4v) is 4.18. The first kappa shape index (κ1) is 21.1. The van der Waals surface area contributed by atoms with Gasteiger partial charge in [0, 0.05) is 15.5 Å². The highest BCUT2D eigenvalue weighted by Crippen LogP contribution is 2.30. The first-order valence-corrected chi connectivity index (χ1v) is 11.2. The third-order valence-corrected chi connectivity index (χ3v) is 5.79. The van der Waals surface area contributed by atoms with E-state index in [0.29, 0.717) is 23.5 Å². The molecule has 0 bridgehead atoms. The molecule has 1 N–H and O–H groups in total. The number of amides is 1. The van der Waals surface area contributed by atoms with Gasteiger partial charge in [-0.1, -0.05) is 28.1 Å². The Kier molecular flexibility index (Phi) is 5.51. The molecule has 0 aliphatic heterocycles. The Hall–Kier alpha value is -3.78. The maximum Gasteiger partial charge on any atom is 0.338 e. The first-order valence-electron chi connectivity index (χ1n) is 10.4. The Labute approximate surface area is 197 Å². The van der Waals surface area contributed by atoms with Crippen molar-refractivity contribution in [2.75, 3.05) is 11.9 Å². The monoisotopic (exact) mass is 502 g/mol. The van der Waals surface area contributed by atoms with Crippen molar-refractivity contribution < 1.29 is 14.3 Å². The van der Waals surface area contributed by atoms with E-state index in [4.69, 9.17) is 14.7 Å². The molecule has 5 aromatic rings. The van der Waals surface area contributed by atoms with Crippen LogP contribution in [0.5, 0.6) is 0 Å². The Morgan fingerprint density at radius 2 is 1.73 bits per heavy atom. The van der Waals surface area contributed by atoms with Gasteiger partial charge in [-0.05, 0) is 61.5 Å². The predicted octanol–water partition coefficient (Wildman–Crippen LogP) is 5.32. The molecular formula is C25H19BrN4O3. The van der Waals surface area contributed by atoms with Crippen molar-refractivity contribution in [1.29, 1.82) is 0 Å². The highest BCUT2D eigenvalue weighted by atomic mass is 79.9. The van der Waals surface area contributed by atoms with Gasteiger partial charge in [-0.25, -0.2) is 14.8 Å². The molecule has 0 aliphatic rings. The van der Waals surface area contributed by atoms with Crippen LogP contribution in [0.3, 0.4) is 0 Å². The number of esters is 1. The van der Waals surface area contributed by atoms with Crippen LogP contribution in [-0.4, -0.2) is 33.0 Å². The molecule has 0 unspecified atom stereocenters. The van der Waals surface area contributed by atoms with E-state index < -0.39 is 5.97 Å². The van der Waals surface area contributed by atoms with E-state index in [1.807, 2.05) is 47.0 Å². The molecule has 7 nitrogen and oxygen atoms in total. The Balaban J connectivity index is 1.49. The van der Waals surface area contributed by atoms with E-state index in [1.54, 1.807) is 31.2 Å². The van der Waals surface area contributed by atoms with Crippen LogP contribution in [0.4, 0.5) is 5.69 Å². The minimum absolute atomic E-state index is 0.0638. The molecule has 33 heavy (non-hydrogen) atoms. The topological polar surface area (TPSA) is 86.1 Å². The van der Waals surface area contributed by atoms with E-state index in [2.05, 4.69) is 21.2 Å². The van der Waals surface area contributed by atoms with Crippen molar-refractivity contribution in [2.24, 2.45) is 0 Å². The molecule has 5 rings (SSSR count). The number of nitrogens with one attached hydrogen (secondary N) is 1. The lowest BCUT2D eigenvalue weighted by molar-refractivity contribution is -0.116. The molecule has 0 saturated carbocycles. The van der Waals surface area contributed by atoms with Crippen molar-refractivity contribution in [3.63, 3.8) is 0 Å². The largest absolute Gasteiger partial charge is 0.462 e. The molecule has 2 heterocycles. The second kappa shape index (κ2) is 8.63. The number of carbonyl (C=O) groups excluding carboxylic acids is 2. The summed E-state index contributed by atoms with van der Waals surface area (Å²) in [6.45, 7) is 2.13. The van der Waals surface area contributed by atoms with Gasteiger partial charge >= 0.3 is 5.97 Å². The highest BCUT2D eigenvalue weighted by Gasteiger charge is 2.17. The van der Waals surface area contributed by atoms with Crippen molar-refractivity contribution >= 4 is 66.6 Å². The van der Waals surface area contributed by atoms with Crippen LogP contribution in [0.1, 0.15) is 17.3 Å². The average Bonchev–Trinajstić information content (AvgIpc) is 3.10. The summed E-state index contributed by atoms with van der Waals surface area (Å²) < 4.78 is 7.79. The molecule has 0 aliphatic carbocycles. The lowest BCUT2D eigenvalue weighted by Crippen LogP contribution is -2.19. The fourth-order valence-electron chi connectivity index (χ4n) is 3.82. The smallest absolute Gasteiger partial charge is 0.338 e. The van der Waals surface area contributed by atoms with Crippen molar-refractivity contribution in [2.45, 2.75) is 13.5 Å². The van der Waals surface area contributed by atoms with E-state index in [1.165, 1.54) is 0 Å². The molecule has 0 fully saturated rings. The third-order valence-electron chi connectivity index (χ3n) is 5.29. The van der Waals surface area contributed by atoms with Crippen molar-refractivity contribution in [3.05, 3.63) is 76.8 Å². The average molecular weight is 503 g/mol. The van der Waals surface area contributed by atoms with Crippen LogP contribution in [0.15, 0.2) is 71.2 Å². The number of carbonyl (C=O) groups is 2. The van der Waals surface area contributed by atoms with Gasteiger partial charge in [0.2, 0.25) is 5.91 Å². The number of fused-ring (bicyclic) bond motifs is 4. The normalized spacial score (nSPS) is 11.2. The summed E-state index contributed by atoms with van der Waals surface area (Å²) >= 11 is 3.53. The number of nitrogens with zero attached hydrogens (tertiary/aromatic N) is 3. The van der Waals surface area contributed by atoms with Gasteiger partial charge in [0.25, 0.3) is 0 Å². The summed E-state index contributed by atoms with van der Waals surface area (Å²) in [5, 5.41) is 3.81. The number of rotatable bonds is 5. The van der Waals surface area contributed by atoms with Gasteiger partial charge in [0.1, 0.15) is 12.1 Å². The number of benzene rings is 3. The second-order valence-corrected chi connectivity index (χ2v) is 8.39. The standard InChI is InChI=1S/C25H19BrN4O3/c1-2-33-25(32)15-7-10-17(11-8-15)27-22(31)14-30-21-12-9-16(26)13-18(21)23-24(30)29-20-6-4-3-5-19(20)28-23/h3-13H,2,14H2,1H3,(H,27,31). The SMILES string of the molecule is CCOC(=O)c1ccc(NC(=O)Cn2c3ccc(Br)cc3c3nc4ccccc4nc32)cc1. The van der Waals surface area contributed by atoms with E-state index in [-0.39, 0.29) is 12.5 Å². The lowest BCUT2D eigenvalue weighted by atomic mass is 10.2. The van der Waals surface area contributed by atoms with Gasteiger partial charge in [-0.2, -0.15) is 0 Å². The minimum Gasteiger partial charge on any atom is -0.462 e. The van der Waals surface area contributed by atoms with E-state index >= 15 is 0 Å². The van der Waals surface area contributed by atoms with Crippen molar-refractivity contribution in [1.82, 2.24) is 14.5 Å². The van der Waals surface area contributed by atoms with Gasteiger partial charge in [0.15, 0.2) is 5.65 Å². The highest BCUT2D eigenvalue weighted by molar-refractivity contribution is 9.10. The summed E-state index contributed by atoms with van der Waals surface area (Å²) in [5.41, 5.74) is 4.86. The molecule has 0 atom stereocenters. The van der Waals surface area contributed by atoms with Crippen LogP contribution in [0.2, 0.25) is 0 Å². The van der Waals surface area contributed by atoms with Crippen molar-refractivity contribution in [3.8, 4) is 0 Å². The summed E-state index contributed by atoms with van der Waals surface area (Å²) in [6, 6.07) is 20.2. The summed E-state index contributed by atoms with van der Waals surface area (Å²) in [7, 11) is 0. The fraction of sp³-hybridized carbons (Fsp3) is 0.120. The minimum atomic E-state index is -0.391. The lowest BCUT2D eigenvalue weighted by Gasteiger charge is -2.09. The molecule has 0 radical (unpaired) electrons. The van der Waals surface area contributed by atoms with Gasteiger partial charge in [-0.3, -0.25) is 4.79 Å². The molecular weight excluding hydrogens is 484 g/mol. The summed E-state index contributed by atoms with van der Waals surface area (Å²) in [5.74, 6) is -0.604. The Morgan fingerprint density at radius 3 is 2.45 bits per heavy atom.